The fraction of sp³-hybridized carbons (Fsp3) is 0.667. The lowest BCUT2D eigenvalue weighted by Crippen LogP contribution is -2.71. The molecule has 95 heavy (non-hydrogen) atoms. The number of carbonyl (C=O) groups is 3. The van der Waals surface area contributed by atoms with Crippen LogP contribution in [0, 0.1) is 82.4 Å². The standard InChI is InChI=1S/C81H102N2O12/c1-78(91)46-83-59-36-54(35-56(37-59)76(89)79(31-27-49(43-79)44-82-2)30-26-47-18-23-60(24-19-47)93-45-68(78)86)51-20-21-52-42-70(87)95-75-63(52)38-55(74(88)71(75)50-13-5-3-6-14-50)41-69-81(92)65-17-8-7-16-61(65)62-25-22-53-39-66(84)64(72(62)73(53)81)33-48-12-11-15-58(32-48)80(28-9-4-10-29-80)67(85)40-57(34-51)77(90)94-69/h11-12,15,32,35-38,40,47,49-53,60-62,64-65,67-69,72-73,76,82-83,85-86,88-89,91-92H,3-10,13-14,16-19,22-25,27-29,31,33-34,39,41-46H2,1-2H3. The molecule has 3 aromatic rings. The molecule has 16 bridgehead atoms. The number of anilines is 1. The zero-order valence-corrected chi connectivity index (χ0v) is 56.1. The van der Waals surface area contributed by atoms with Gasteiger partial charge in [-0.25, -0.2) is 4.79 Å². The number of esters is 2. The Morgan fingerprint density at radius 3 is 2.32 bits per heavy atom. The lowest BCUT2D eigenvalue weighted by Gasteiger charge is -2.66. The number of hydrogen-bond donors (Lipinski definition) is 8. The molecule has 8 N–H and O–H groups in total. The minimum absolute atomic E-state index is 0.00703. The maximum Gasteiger partial charge on any atom is 0.334 e. The summed E-state index contributed by atoms with van der Waals surface area (Å²) in [6.07, 6.45) is 16.7. The van der Waals surface area contributed by atoms with Gasteiger partial charge in [0.05, 0.1) is 42.7 Å². The predicted molar refractivity (Wildman–Crippen MR) is 361 cm³/mol. The Bertz CT molecular complexity index is 3590. The van der Waals surface area contributed by atoms with E-state index in [4.69, 9.17) is 14.2 Å². The summed E-state index contributed by atoms with van der Waals surface area (Å²) in [5.74, 6) is 11.7. The van der Waals surface area contributed by atoms with E-state index in [1.54, 1.807) is 13.0 Å². The van der Waals surface area contributed by atoms with Gasteiger partial charge in [0.1, 0.15) is 40.7 Å². The fourth-order valence-electron chi connectivity index (χ4n) is 21.9. The summed E-state index contributed by atoms with van der Waals surface area (Å²) >= 11 is 0. The number of Topliss-reactive ketones (excluding diaryl/α,β-unsaturated/α-hetero) is 1. The molecule has 8 fully saturated rings. The van der Waals surface area contributed by atoms with Gasteiger partial charge in [-0.15, -0.1) is 0 Å². The molecule has 5 aliphatic heterocycles. The average Bonchev–Trinajstić information content (AvgIpc) is 0.819. The lowest BCUT2D eigenvalue weighted by molar-refractivity contribution is -0.265. The first-order chi connectivity index (χ1) is 45.9. The van der Waals surface area contributed by atoms with E-state index in [2.05, 4.69) is 58.6 Å². The van der Waals surface area contributed by atoms with E-state index < -0.39 is 76.1 Å². The molecule has 14 nitrogen and oxygen atoms in total. The Morgan fingerprint density at radius 1 is 0.737 bits per heavy atom. The summed E-state index contributed by atoms with van der Waals surface area (Å²) in [6.45, 7) is 2.22. The van der Waals surface area contributed by atoms with Crippen molar-refractivity contribution in [3.05, 3.63) is 99.1 Å². The van der Waals surface area contributed by atoms with Gasteiger partial charge in [0.2, 0.25) is 0 Å². The number of aromatic hydroxyl groups is 1. The highest BCUT2D eigenvalue weighted by molar-refractivity contribution is 5.89. The maximum absolute atomic E-state index is 16.8. The van der Waals surface area contributed by atoms with Gasteiger partial charge in [-0.05, 0) is 229 Å². The molecule has 13 aliphatic rings. The van der Waals surface area contributed by atoms with Gasteiger partial charge in [0.15, 0.2) is 0 Å². The molecule has 14 heteroatoms. The second-order valence-electron chi connectivity index (χ2n) is 32.4. The second-order valence-corrected chi connectivity index (χ2v) is 32.4. The van der Waals surface area contributed by atoms with Crippen molar-refractivity contribution in [3.8, 4) is 35.2 Å². The van der Waals surface area contributed by atoms with Gasteiger partial charge in [0, 0.05) is 64.9 Å². The zero-order valence-electron chi connectivity index (χ0n) is 56.1. The van der Waals surface area contributed by atoms with E-state index in [0.29, 0.717) is 77.8 Å². The molecule has 2 spiro atoms. The topological polar surface area (TPSA) is 224 Å². The average molecular weight is 1300 g/mol. The number of phenolic OH excluding ortho intramolecular Hbond substituents is 1. The van der Waals surface area contributed by atoms with Crippen molar-refractivity contribution in [2.24, 2.45) is 58.7 Å². The van der Waals surface area contributed by atoms with Crippen LogP contribution < -0.4 is 15.4 Å². The monoisotopic (exact) mass is 1290 g/mol. The minimum atomic E-state index is -1.66. The van der Waals surface area contributed by atoms with Gasteiger partial charge < -0.3 is 55.5 Å². The first kappa shape index (κ1) is 65.4. The number of nitrogens with one attached hydrogen (secondary N) is 2. The van der Waals surface area contributed by atoms with Crippen LogP contribution in [-0.2, 0) is 42.1 Å². The molecule has 8 aliphatic carbocycles. The molecular weight excluding hydrogens is 1190 g/mol. The molecule has 508 valence electrons. The van der Waals surface area contributed by atoms with E-state index in [-0.39, 0.29) is 109 Å². The van der Waals surface area contributed by atoms with Crippen molar-refractivity contribution in [1.29, 1.82) is 0 Å². The molecule has 8 saturated carbocycles. The summed E-state index contributed by atoms with van der Waals surface area (Å²) in [4.78, 5) is 46.3. The number of phenols is 1. The Hall–Kier alpha value is -5.55. The molecule has 0 saturated heterocycles. The highest BCUT2D eigenvalue weighted by atomic mass is 16.6. The SMILES string of the molecule is CNCC1CCC2(C#CC3CCC(CC3)OCC(O)C(C)(O)CNc3cc(C4C#CC5CC(=O)Oc6c5cc(c(O)c6C5CCCCC5)CC5OC(=O)C(=CC(O)C6(CCCCC6)c6cccc(c6)CC6C(=O)CC7CCC8C9CCCCC9C5(O)C7C68)C4)cc(c3)C2O)C1. The van der Waals surface area contributed by atoms with Crippen LogP contribution in [0.4, 0.5) is 5.69 Å². The van der Waals surface area contributed by atoms with Gasteiger partial charge in [0.25, 0.3) is 0 Å². The van der Waals surface area contributed by atoms with E-state index in [0.717, 1.165) is 140 Å². The molecule has 5 heterocycles. The van der Waals surface area contributed by atoms with E-state index >= 15 is 14.7 Å². The van der Waals surface area contributed by atoms with Crippen molar-refractivity contribution >= 4 is 23.4 Å². The van der Waals surface area contributed by atoms with Crippen LogP contribution in [0.2, 0.25) is 0 Å². The van der Waals surface area contributed by atoms with E-state index in [9.17, 15) is 30.3 Å². The van der Waals surface area contributed by atoms with Crippen molar-refractivity contribution in [2.45, 2.75) is 252 Å². The first-order valence-corrected chi connectivity index (χ1v) is 37.2. The molecule has 17 unspecified atom stereocenters. The third-order valence-corrected chi connectivity index (χ3v) is 26.8. The molecule has 0 radical (unpaired) electrons. The Morgan fingerprint density at radius 2 is 1.51 bits per heavy atom. The van der Waals surface area contributed by atoms with E-state index in [1.165, 1.54) is 0 Å². The third kappa shape index (κ3) is 12.0. The maximum atomic E-state index is 16.8. The highest BCUT2D eigenvalue weighted by Crippen LogP contribution is 2.67. The first-order valence-electron chi connectivity index (χ1n) is 37.2. The number of ketones is 1. The fourth-order valence-corrected chi connectivity index (χ4v) is 21.9. The summed E-state index contributed by atoms with van der Waals surface area (Å²) in [5.41, 5.74) is 0.690. The van der Waals surface area contributed by atoms with Gasteiger partial charge >= 0.3 is 11.9 Å². The Balaban J connectivity index is 0.959. The largest absolute Gasteiger partial charge is 0.507 e. The number of rotatable bonds is 4. The van der Waals surface area contributed by atoms with Crippen LogP contribution in [0.15, 0.2) is 60.2 Å². The third-order valence-electron chi connectivity index (χ3n) is 26.8. The Labute approximate surface area is 561 Å². The highest BCUT2D eigenvalue weighted by Gasteiger charge is 2.69. The van der Waals surface area contributed by atoms with Crippen molar-refractivity contribution in [1.82, 2.24) is 5.32 Å². The molecule has 16 rings (SSSR count). The van der Waals surface area contributed by atoms with Crippen LogP contribution in [0.5, 0.6) is 11.5 Å². The van der Waals surface area contributed by atoms with Crippen molar-refractivity contribution in [3.63, 3.8) is 0 Å². The van der Waals surface area contributed by atoms with Crippen molar-refractivity contribution < 1.29 is 59.2 Å². The molecule has 17 atom stereocenters. The van der Waals surface area contributed by atoms with Gasteiger partial charge in [-0.3, -0.25) is 9.59 Å². The van der Waals surface area contributed by atoms with Crippen LogP contribution in [-0.4, -0.2) is 111 Å². The van der Waals surface area contributed by atoms with Crippen molar-refractivity contribution in [2.75, 3.05) is 32.1 Å². The van der Waals surface area contributed by atoms with Gasteiger partial charge in [-0.2, -0.15) is 0 Å². The summed E-state index contributed by atoms with van der Waals surface area (Å²) in [5, 5.41) is 85.9. The summed E-state index contributed by atoms with van der Waals surface area (Å²) in [7, 11) is 1.96. The summed E-state index contributed by atoms with van der Waals surface area (Å²) < 4.78 is 20.1. The molecule has 0 amide bonds. The molecule has 3 aromatic carbocycles. The number of fused-ring (bicyclic) bond motifs is 18. The van der Waals surface area contributed by atoms with Crippen LogP contribution in [0.25, 0.3) is 0 Å². The van der Waals surface area contributed by atoms with E-state index in [1.807, 2.05) is 31.3 Å². The number of ether oxygens (including phenoxy) is 3. The van der Waals surface area contributed by atoms with Crippen LogP contribution in [0.3, 0.4) is 0 Å². The quantitative estimate of drug-likeness (QED) is 0.0691. The Kier molecular flexibility index (Phi) is 18.1. The number of aliphatic hydroxyl groups excluding tert-OH is 3. The smallest absolute Gasteiger partial charge is 0.334 e. The summed E-state index contributed by atoms with van der Waals surface area (Å²) in [6, 6.07) is 16.3. The second kappa shape index (κ2) is 26.3. The zero-order chi connectivity index (χ0) is 65.5. The van der Waals surface area contributed by atoms with Crippen LogP contribution >= 0.6 is 0 Å². The number of carbonyl (C=O) groups excluding carboxylic acids is 3. The molecular formula is C81H102N2O12. The number of benzene rings is 3. The van der Waals surface area contributed by atoms with Gasteiger partial charge in [-0.1, -0.05) is 105 Å². The predicted octanol–water partition coefficient (Wildman–Crippen LogP) is 11.8. The minimum Gasteiger partial charge on any atom is -0.507 e. The molecule has 0 aromatic heterocycles. The number of hydrogen-bond acceptors (Lipinski definition) is 14. The normalized spacial score (nSPS) is 39.3. The lowest BCUT2D eigenvalue weighted by atomic mass is 9.40. The van der Waals surface area contributed by atoms with Crippen LogP contribution in [0.1, 0.15) is 237 Å². The number of aliphatic hydroxyl groups is 5.